The molecule has 1 aliphatic carbocycles. The predicted molar refractivity (Wildman–Crippen MR) is 93.1 cm³/mol. The summed E-state index contributed by atoms with van der Waals surface area (Å²) in [6, 6.07) is 3.64. The number of carbonyl (C=O) groups is 1. The van der Waals surface area contributed by atoms with E-state index < -0.39 is 23.1 Å². The molecule has 0 spiro atoms. The molecule has 0 saturated carbocycles. The number of allylic oxidation sites excluding steroid dienone is 2. The Morgan fingerprint density at radius 3 is 2.96 bits per heavy atom. The minimum Gasteiger partial charge on any atom is -0.493 e. The molecule has 1 aromatic rings. The summed E-state index contributed by atoms with van der Waals surface area (Å²) in [5.74, 6) is -0.772. The third-order valence-corrected chi connectivity index (χ3v) is 5.90. The van der Waals surface area contributed by atoms with Crippen molar-refractivity contribution in [3.8, 4) is 17.2 Å². The summed E-state index contributed by atoms with van der Waals surface area (Å²) in [7, 11) is 1.56. The van der Waals surface area contributed by atoms with Crippen LogP contribution in [-0.4, -0.2) is 30.6 Å². The number of hydrogen-bond donors (Lipinski definition) is 1. The molecule has 1 N–H and O–H groups in total. The van der Waals surface area contributed by atoms with Crippen LogP contribution < -0.4 is 14.2 Å². The third kappa shape index (κ3) is 2.09. The van der Waals surface area contributed by atoms with Crippen molar-refractivity contribution in [2.24, 2.45) is 11.3 Å². The Kier molecular flexibility index (Phi) is 3.86. The zero-order valence-electron chi connectivity index (χ0n) is 14.9. The Morgan fingerprint density at radius 1 is 1.42 bits per heavy atom. The van der Waals surface area contributed by atoms with E-state index in [1.54, 1.807) is 13.2 Å². The molecule has 0 aromatic heterocycles. The van der Waals surface area contributed by atoms with Crippen LogP contribution in [-0.2, 0) is 9.53 Å². The van der Waals surface area contributed by atoms with Gasteiger partial charge in [-0.05, 0) is 42.5 Å². The second-order valence-corrected chi connectivity index (χ2v) is 7.05. The number of methoxy groups -OCH3 is 1. The molecule has 4 unspecified atom stereocenters. The van der Waals surface area contributed by atoms with E-state index in [1.165, 1.54) is 6.08 Å². The number of ketones is 1. The smallest absolute Gasteiger partial charge is 0.237 e. The maximum Gasteiger partial charge on any atom is 0.237 e. The minimum absolute atomic E-state index is 0.128. The van der Waals surface area contributed by atoms with Gasteiger partial charge in [0.2, 0.25) is 24.1 Å². The molecule has 1 aromatic carbocycles. The van der Waals surface area contributed by atoms with E-state index in [4.69, 9.17) is 18.9 Å². The van der Waals surface area contributed by atoms with Crippen LogP contribution in [0.5, 0.6) is 17.2 Å². The summed E-state index contributed by atoms with van der Waals surface area (Å²) < 4.78 is 22.4. The first-order valence-corrected chi connectivity index (χ1v) is 8.66. The van der Waals surface area contributed by atoms with Crippen LogP contribution >= 0.6 is 0 Å². The zero-order valence-corrected chi connectivity index (χ0v) is 14.9. The maximum atomic E-state index is 12.5. The molecule has 0 radical (unpaired) electrons. The summed E-state index contributed by atoms with van der Waals surface area (Å²) in [5, 5.41) is 11.2. The van der Waals surface area contributed by atoms with Crippen molar-refractivity contribution in [3.05, 3.63) is 42.5 Å². The number of rotatable bonds is 4. The van der Waals surface area contributed by atoms with Crippen molar-refractivity contribution >= 4 is 5.78 Å². The highest BCUT2D eigenvalue weighted by atomic mass is 16.7. The van der Waals surface area contributed by atoms with Crippen molar-refractivity contribution in [2.45, 2.75) is 31.7 Å². The molecule has 138 valence electrons. The van der Waals surface area contributed by atoms with E-state index in [0.29, 0.717) is 30.1 Å². The van der Waals surface area contributed by atoms with Gasteiger partial charge in [0.1, 0.15) is 0 Å². The average molecular weight is 358 g/mol. The number of hydrogen-bond acceptors (Lipinski definition) is 6. The Bertz CT molecular complexity index is 800. The minimum atomic E-state index is -1.87. The summed E-state index contributed by atoms with van der Waals surface area (Å²) in [5.41, 5.74) is 0.0205. The van der Waals surface area contributed by atoms with Gasteiger partial charge in [-0.15, -0.1) is 6.58 Å². The molecule has 0 bridgehead atoms. The van der Waals surface area contributed by atoms with Crippen LogP contribution in [0.1, 0.15) is 31.4 Å². The first kappa shape index (κ1) is 17.1. The zero-order chi connectivity index (χ0) is 18.5. The molecule has 26 heavy (non-hydrogen) atoms. The van der Waals surface area contributed by atoms with E-state index in [9.17, 15) is 9.90 Å². The summed E-state index contributed by atoms with van der Waals surface area (Å²) in [4.78, 5) is 12.5. The Hall–Kier alpha value is -2.31. The lowest BCUT2D eigenvalue weighted by atomic mass is 9.62. The van der Waals surface area contributed by atoms with Crippen molar-refractivity contribution < 1.29 is 28.8 Å². The van der Waals surface area contributed by atoms with Gasteiger partial charge in [0.05, 0.1) is 13.2 Å². The molecule has 2 aliphatic heterocycles. The fourth-order valence-corrected chi connectivity index (χ4v) is 4.45. The second-order valence-electron chi connectivity index (χ2n) is 7.05. The number of ether oxygens (including phenoxy) is 4. The molecular formula is C20H22O6. The molecule has 2 heterocycles. The fourth-order valence-electron chi connectivity index (χ4n) is 4.45. The lowest BCUT2D eigenvalue weighted by Gasteiger charge is -2.42. The molecular weight excluding hydrogens is 336 g/mol. The van der Waals surface area contributed by atoms with Gasteiger partial charge >= 0.3 is 0 Å². The quantitative estimate of drug-likeness (QED) is 0.834. The van der Waals surface area contributed by atoms with Crippen LogP contribution in [0.2, 0.25) is 0 Å². The highest BCUT2D eigenvalue weighted by Crippen LogP contribution is 2.61. The van der Waals surface area contributed by atoms with Gasteiger partial charge in [0, 0.05) is 5.41 Å². The number of fused-ring (bicyclic) bond motifs is 2. The fraction of sp³-hybridized carbons (Fsp3) is 0.450. The van der Waals surface area contributed by atoms with E-state index in [1.807, 2.05) is 25.1 Å². The summed E-state index contributed by atoms with van der Waals surface area (Å²) >= 11 is 0. The number of carbonyl (C=O) groups excluding carboxylic acids is 1. The number of benzene rings is 1. The number of aliphatic hydroxyl groups is 1. The van der Waals surface area contributed by atoms with Crippen LogP contribution in [0, 0.1) is 11.3 Å². The van der Waals surface area contributed by atoms with E-state index >= 15 is 0 Å². The highest BCUT2D eigenvalue weighted by Gasteiger charge is 2.66. The molecule has 0 amide bonds. The monoisotopic (exact) mass is 358 g/mol. The van der Waals surface area contributed by atoms with Gasteiger partial charge < -0.3 is 24.1 Å². The second kappa shape index (κ2) is 5.86. The van der Waals surface area contributed by atoms with Crippen molar-refractivity contribution in [3.63, 3.8) is 0 Å². The van der Waals surface area contributed by atoms with Crippen molar-refractivity contribution in [1.29, 1.82) is 0 Å². The summed E-state index contributed by atoms with van der Waals surface area (Å²) in [6.07, 6.45) is 5.46. The maximum absolute atomic E-state index is 12.5. The summed E-state index contributed by atoms with van der Waals surface area (Å²) in [6.45, 7) is 5.94. The molecule has 3 aliphatic rings. The highest BCUT2D eigenvalue weighted by molar-refractivity contribution is 5.97. The van der Waals surface area contributed by atoms with Crippen LogP contribution in [0.15, 0.2) is 36.9 Å². The largest absolute Gasteiger partial charge is 0.493 e. The Balaban J connectivity index is 1.80. The standard InChI is InChI=1S/C20H22O6/c1-4-7-19-8-5-6-16(21)20(19,22)26-17(12(19)2)13-9-14(23-3)18-15(10-13)24-11-25-18/h4-6,9-10,12,17,22H,1,7-8,11H2,2-3H3. The lowest BCUT2D eigenvalue weighted by Crippen LogP contribution is -2.54. The van der Waals surface area contributed by atoms with E-state index in [-0.39, 0.29) is 12.7 Å². The normalized spacial score (nSPS) is 34.7. The first-order valence-electron chi connectivity index (χ1n) is 8.66. The molecule has 1 saturated heterocycles. The van der Waals surface area contributed by atoms with Crippen molar-refractivity contribution in [1.82, 2.24) is 0 Å². The predicted octanol–water partition coefficient (Wildman–Crippen LogP) is 2.91. The van der Waals surface area contributed by atoms with Gasteiger partial charge in [0.15, 0.2) is 11.5 Å². The molecule has 4 rings (SSSR count). The van der Waals surface area contributed by atoms with Gasteiger partial charge in [-0.25, -0.2) is 0 Å². The Labute approximate surface area is 152 Å². The van der Waals surface area contributed by atoms with E-state index in [0.717, 1.165) is 5.56 Å². The van der Waals surface area contributed by atoms with E-state index in [2.05, 4.69) is 6.58 Å². The van der Waals surface area contributed by atoms with Gasteiger partial charge in [-0.1, -0.05) is 19.1 Å². The van der Waals surface area contributed by atoms with Crippen molar-refractivity contribution in [2.75, 3.05) is 13.9 Å². The molecule has 4 atom stereocenters. The molecule has 6 heteroatoms. The van der Waals surface area contributed by atoms with Crippen LogP contribution in [0.3, 0.4) is 0 Å². The first-order chi connectivity index (χ1) is 12.5. The third-order valence-electron chi connectivity index (χ3n) is 5.90. The topological polar surface area (TPSA) is 74.2 Å². The molecule has 6 nitrogen and oxygen atoms in total. The van der Waals surface area contributed by atoms with Gasteiger partial charge in [-0.3, -0.25) is 4.79 Å². The molecule has 1 fully saturated rings. The average Bonchev–Trinajstić information content (AvgIpc) is 3.19. The van der Waals surface area contributed by atoms with Crippen LogP contribution in [0.4, 0.5) is 0 Å². The lowest BCUT2D eigenvalue weighted by molar-refractivity contribution is -0.229. The SMILES string of the molecule is C=CCC12CC=CC(=O)C1(O)OC(c1cc(OC)c3c(c1)OCO3)C2C. The van der Waals surface area contributed by atoms with Gasteiger partial charge in [0.25, 0.3) is 0 Å². The van der Waals surface area contributed by atoms with Gasteiger partial charge in [-0.2, -0.15) is 0 Å². The Morgan fingerprint density at radius 2 is 2.23 bits per heavy atom. The van der Waals surface area contributed by atoms with Crippen LogP contribution in [0.25, 0.3) is 0 Å².